The number of carboxylic acid groups (broad SMARTS) is 1. The van der Waals surface area contributed by atoms with Gasteiger partial charge in [-0.2, -0.15) is 0 Å². The van der Waals surface area contributed by atoms with Gasteiger partial charge in [0, 0.05) is 4.91 Å². The van der Waals surface area contributed by atoms with Crippen LogP contribution in [0.5, 0.6) is 0 Å². The van der Waals surface area contributed by atoms with E-state index in [0.29, 0.717) is 19.4 Å². The molecule has 0 amide bonds. The van der Waals surface area contributed by atoms with Gasteiger partial charge in [-0.3, -0.25) is 4.79 Å². The smallest absolute Gasteiger partial charge is 0.323 e. The van der Waals surface area contributed by atoms with Crippen molar-refractivity contribution >= 4 is 5.97 Å². The molecule has 0 aromatic heterocycles. The van der Waals surface area contributed by atoms with Gasteiger partial charge in [-0.05, 0) is 31.8 Å². The maximum absolute atomic E-state index is 10.8. The van der Waals surface area contributed by atoms with Gasteiger partial charge in [0.1, 0.15) is 5.54 Å². The molecule has 0 fully saturated rings. The molecular formula is C7H15N5O2. The predicted octanol–water partition coefficient (Wildman–Crippen LogP) is 0.206. The van der Waals surface area contributed by atoms with E-state index in [2.05, 4.69) is 10.0 Å². The van der Waals surface area contributed by atoms with Gasteiger partial charge in [0.05, 0.1) is 6.04 Å². The number of nitrogens with two attached hydrogens (primary N) is 2. The molecule has 0 saturated heterocycles. The van der Waals surface area contributed by atoms with E-state index in [4.69, 9.17) is 22.1 Å². The fourth-order valence-electron chi connectivity index (χ4n) is 0.994. The number of azide groups is 1. The van der Waals surface area contributed by atoms with Gasteiger partial charge in [-0.1, -0.05) is 5.11 Å². The van der Waals surface area contributed by atoms with Crippen LogP contribution in [0.3, 0.4) is 0 Å². The van der Waals surface area contributed by atoms with E-state index in [1.807, 2.05) is 0 Å². The van der Waals surface area contributed by atoms with Crippen LogP contribution in [-0.2, 0) is 4.79 Å². The Balaban J connectivity index is 4.62. The summed E-state index contributed by atoms with van der Waals surface area (Å²) in [5, 5.41) is 12.2. The largest absolute Gasteiger partial charge is 0.480 e. The minimum Gasteiger partial charge on any atom is -0.480 e. The Morgan fingerprint density at radius 2 is 2.36 bits per heavy atom. The maximum Gasteiger partial charge on any atom is 0.323 e. The standard InChI is InChI=1S/C7H15N5O2/c1-7(9,6(13)14)5(11-12-10)3-2-4-8/h5H,2-4,8-9H2,1H3,(H,13,14)/t5?,7-/m0/s1. The molecule has 1 unspecified atom stereocenters. The normalized spacial score (nSPS) is 16.5. The van der Waals surface area contributed by atoms with E-state index in [9.17, 15) is 4.79 Å². The van der Waals surface area contributed by atoms with Crippen molar-refractivity contribution in [3.8, 4) is 0 Å². The number of carbonyl (C=O) groups is 1. The Morgan fingerprint density at radius 3 is 2.71 bits per heavy atom. The Morgan fingerprint density at radius 1 is 1.79 bits per heavy atom. The number of hydrogen-bond acceptors (Lipinski definition) is 4. The molecule has 0 aromatic rings. The predicted molar refractivity (Wildman–Crippen MR) is 51.5 cm³/mol. The molecule has 0 radical (unpaired) electrons. The SMILES string of the molecule is C[C@@](N)(C(=O)O)C(CCCN)N=[N+]=[N-]. The topological polar surface area (TPSA) is 138 Å². The zero-order chi connectivity index (χ0) is 11.2. The first-order chi connectivity index (χ1) is 6.46. The molecule has 0 aliphatic rings. The van der Waals surface area contributed by atoms with E-state index in [-0.39, 0.29) is 0 Å². The Hall–Kier alpha value is -1.30. The van der Waals surface area contributed by atoms with E-state index in [1.165, 1.54) is 6.92 Å². The molecule has 80 valence electrons. The van der Waals surface area contributed by atoms with Crippen molar-refractivity contribution in [1.29, 1.82) is 0 Å². The molecule has 7 heteroatoms. The lowest BCUT2D eigenvalue weighted by atomic mass is 9.91. The Kier molecular flexibility index (Phi) is 4.93. The van der Waals surface area contributed by atoms with Crippen molar-refractivity contribution in [2.24, 2.45) is 16.6 Å². The molecule has 14 heavy (non-hydrogen) atoms. The average molecular weight is 201 g/mol. The van der Waals surface area contributed by atoms with Crippen LogP contribution >= 0.6 is 0 Å². The molecule has 0 aromatic carbocycles. The first-order valence-corrected chi connectivity index (χ1v) is 4.23. The van der Waals surface area contributed by atoms with Crippen LogP contribution in [0.4, 0.5) is 0 Å². The van der Waals surface area contributed by atoms with Crippen molar-refractivity contribution in [1.82, 2.24) is 0 Å². The van der Waals surface area contributed by atoms with Gasteiger partial charge < -0.3 is 16.6 Å². The summed E-state index contributed by atoms with van der Waals surface area (Å²) in [6, 6.07) is -0.770. The summed E-state index contributed by atoms with van der Waals surface area (Å²) in [6.45, 7) is 1.73. The van der Waals surface area contributed by atoms with Crippen LogP contribution < -0.4 is 11.5 Å². The molecule has 0 heterocycles. The minimum absolute atomic E-state index is 0.375. The Bertz CT molecular complexity index is 246. The van der Waals surface area contributed by atoms with Crippen LogP contribution in [-0.4, -0.2) is 29.2 Å². The van der Waals surface area contributed by atoms with Crippen molar-refractivity contribution in [3.63, 3.8) is 0 Å². The molecule has 0 bridgehead atoms. The lowest BCUT2D eigenvalue weighted by Gasteiger charge is -2.26. The molecule has 0 saturated carbocycles. The lowest BCUT2D eigenvalue weighted by molar-refractivity contribution is -0.143. The highest BCUT2D eigenvalue weighted by Gasteiger charge is 2.36. The van der Waals surface area contributed by atoms with Crippen LogP contribution in [0.25, 0.3) is 10.4 Å². The first kappa shape index (κ1) is 12.7. The summed E-state index contributed by atoms with van der Waals surface area (Å²) in [7, 11) is 0. The fraction of sp³-hybridized carbons (Fsp3) is 0.857. The van der Waals surface area contributed by atoms with Gasteiger partial charge in [-0.15, -0.1) is 0 Å². The molecule has 0 aliphatic carbocycles. The van der Waals surface area contributed by atoms with E-state index in [1.54, 1.807) is 0 Å². The van der Waals surface area contributed by atoms with Crippen molar-refractivity contribution in [2.45, 2.75) is 31.3 Å². The second kappa shape index (κ2) is 5.43. The maximum atomic E-state index is 10.8. The summed E-state index contributed by atoms with van der Waals surface area (Å²) in [5.74, 6) is -1.19. The van der Waals surface area contributed by atoms with E-state index < -0.39 is 17.6 Å². The second-order valence-electron chi connectivity index (χ2n) is 3.24. The first-order valence-electron chi connectivity index (χ1n) is 4.23. The lowest BCUT2D eigenvalue weighted by Crippen LogP contribution is -2.53. The molecule has 0 aliphatic heterocycles. The third-order valence-corrected chi connectivity index (χ3v) is 2.03. The van der Waals surface area contributed by atoms with Gasteiger partial charge in [0.2, 0.25) is 0 Å². The number of rotatable bonds is 6. The Labute approximate surface area is 81.7 Å². The average Bonchev–Trinajstić information content (AvgIpc) is 2.11. The second-order valence-corrected chi connectivity index (χ2v) is 3.24. The van der Waals surface area contributed by atoms with Crippen molar-refractivity contribution in [3.05, 3.63) is 10.4 Å². The van der Waals surface area contributed by atoms with Gasteiger partial charge in [0.15, 0.2) is 0 Å². The van der Waals surface area contributed by atoms with Crippen molar-refractivity contribution < 1.29 is 9.90 Å². The number of nitrogens with zero attached hydrogens (tertiary/aromatic N) is 3. The zero-order valence-corrected chi connectivity index (χ0v) is 8.05. The highest BCUT2D eigenvalue weighted by atomic mass is 16.4. The molecule has 0 rings (SSSR count). The monoisotopic (exact) mass is 201 g/mol. The van der Waals surface area contributed by atoms with E-state index >= 15 is 0 Å². The minimum atomic E-state index is -1.54. The van der Waals surface area contributed by atoms with E-state index in [0.717, 1.165) is 0 Å². The van der Waals surface area contributed by atoms with Gasteiger partial charge in [-0.25, -0.2) is 0 Å². The van der Waals surface area contributed by atoms with Crippen molar-refractivity contribution in [2.75, 3.05) is 6.54 Å². The zero-order valence-electron chi connectivity index (χ0n) is 8.05. The van der Waals surface area contributed by atoms with Gasteiger partial charge >= 0.3 is 5.97 Å². The summed E-state index contributed by atoms with van der Waals surface area (Å²) in [4.78, 5) is 13.3. The van der Waals surface area contributed by atoms with Crippen LogP contribution in [0.15, 0.2) is 5.11 Å². The molecule has 2 atom stereocenters. The summed E-state index contributed by atoms with van der Waals surface area (Å²) < 4.78 is 0. The molecule has 0 spiro atoms. The highest BCUT2D eigenvalue weighted by molar-refractivity contribution is 5.79. The number of carboxylic acids is 1. The fourth-order valence-corrected chi connectivity index (χ4v) is 0.994. The van der Waals surface area contributed by atoms with Crippen LogP contribution in [0.2, 0.25) is 0 Å². The molecular weight excluding hydrogens is 186 g/mol. The van der Waals surface area contributed by atoms with Crippen LogP contribution in [0, 0.1) is 0 Å². The summed E-state index contributed by atoms with van der Waals surface area (Å²) in [6.07, 6.45) is 0.948. The molecule has 5 N–H and O–H groups in total. The van der Waals surface area contributed by atoms with Crippen LogP contribution in [0.1, 0.15) is 19.8 Å². The summed E-state index contributed by atoms with van der Waals surface area (Å²) >= 11 is 0. The quantitative estimate of drug-likeness (QED) is 0.321. The summed E-state index contributed by atoms with van der Waals surface area (Å²) in [5.41, 5.74) is 17.5. The molecule has 7 nitrogen and oxygen atoms in total. The number of hydrogen-bond donors (Lipinski definition) is 3. The number of aliphatic carboxylic acids is 1. The van der Waals surface area contributed by atoms with Gasteiger partial charge in [0.25, 0.3) is 0 Å². The third kappa shape index (κ3) is 3.21. The third-order valence-electron chi connectivity index (χ3n) is 2.03. The highest BCUT2D eigenvalue weighted by Crippen LogP contribution is 2.16.